The third-order valence-corrected chi connectivity index (χ3v) is 6.31. The quantitative estimate of drug-likeness (QED) is 0.152. The van der Waals surface area contributed by atoms with Crippen LogP contribution in [-0.2, 0) is 4.79 Å². The molecule has 0 aromatic heterocycles. The van der Waals surface area contributed by atoms with Gasteiger partial charge in [0.25, 0.3) is 5.91 Å². The monoisotopic (exact) mass is 719 g/mol. The van der Waals surface area contributed by atoms with Crippen LogP contribution in [0.4, 0.5) is 0 Å². The molecule has 1 rings (SSSR count). The summed E-state index contributed by atoms with van der Waals surface area (Å²) in [5, 5.41) is 39.5. The first-order chi connectivity index (χ1) is 12.5. The Bertz CT molecular complexity index is 749. The number of aliphatic hydroxyl groups excluding tert-OH is 3. The van der Waals surface area contributed by atoms with Crippen molar-refractivity contribution in [3.63, 3.8) is 0 Å². The lowest BCUT2D eigenvalue weighted by molar-refractivity contribution is -0.136. The molecule has 0 bridgehead atoms. The van der Waals surface area contributed by atoms with E-state index in [2.05, 4.69) is 5.32 Å². The Labute approximate surface area is 195 Å². The second-order valence-electron chi connectivity index (χ2n) is 5.39. The summed E-state index contributed by atoms with van der Waals surface area (Å²) in [5.41, 5.74) is -0.271. The van der Waals surface area contributed by atoms with E-state index in [0.717, 1.165) is 0 Å². The molecule has 1 unspecified atom stereocenters. The number of aliphatic hydroxyl groups is 3. The lowest BCUT2D eigenvalue weighted by Gasteiger charge is -2.19. The number of carboxylic acids is 1. The van der Waals surface area contributed by atoms with E-state index in [1.54, 1.807) is 67.8 Å². The summed E-state index contributed by atoms with van der Waals surface area (Å²) in [7, 11) is 0. The Morgan fingerprint density at radius 2 is 1.56 bits per heavy atom. The zero-order chi connectivity index (χ0) is 20.9. The molecule has 0 spiro atoms. The van der Waals surface area contributed by atoms with E-state index in [0.29, 0.717) is 0 Å². The van der Waals surface area contributed by atoms with Crippen molar-refractivity contribution in [3.05, 3.63) is 21.8 Å². The summed E-state index contributed by atoms with van der Waals surface area (Å²) >= 11 is 5.18. The zero-order valence-electron chi connectivity index (χ0n) is 13.8. The van der Waals surface area contributed by atoms with Crippen LogP contribution in [0.1, 0.15) is 34.1 Å². The van der Waals surface area contributed by atoms with E-state index in [1.807, 2.05) is 0 Å². The third kappa shape index (κ3) is 6.34. The molecule has 9 nitrogen and oxygen atoms in total. The average molecular weight is 719 g/mol. The van der Waals surface area contributed by atoms with Crippen LogP contribution in [0.15, 0.2) is 0 Å². The fraction of sp³-hybridized carbons (Fsp3) is 0.400. The highest BCUT2D eigenvalue weighted by Crippen LogP contribution is 2.37. The maximum absolute atomic E-state index is 12.6. The number of nitrogens with one attached hydrogen (secondary N) is 1. The van der Waals surface area contributed by atoms with E-state index < -0.39 is 43.2 Å². The molecule has 12 heteroatoms. The van der Waals surface area contributed by atoms with Gasteiger partial charge in [0.1, 0.15) is 0 Å². The summed E-state index contributed by atoms with van der Waals surface area (Å²) in [6.45, 7) is 0.375. The first-order valence-corrected chi connectivity index (χ1v) is 10.6. The van der Waals surface area contributed by atoms with Crippen LogP contribution in [0, 0.1) is 10.7 Å². The van der Waals surface area contributed by atoms with Crippen LogP contribution < -0.4 is 10.1 Å². The lowest BCUT2D eigenvalue weighted by Crippen LogP contribution is -2.41. The van der Waals surface area contributed by atoms with E-state index in [-0.39, 0.29) is 34.0 Å². The number of esters is 1. The van der Waals surface area contributed by atoms with Crippen molar-refractivity contribution in [1.29, 1.82) is 0 Å². The Morgan fingerprint density at radius 1 is 1.04 bits per heavy atom. The highest BCUT2D eigenvalue weighted by Gasteiger charge is 2.30. The van der Waals surface area contributed by atoms with Crippen LogP contribution in [0.25, 0.3) is 0 Å². The molecule has 1 aromatic rings. The van der Waals surface area contributed by atoms with Gasteiger partial charge in [-0.25, -0.2) is 4.79 Å². The van der Waals surface area contributed by atoms with Crippen LogP contribution in [-0.4, -0.2) is 63.6 Å². The van der Waals surface area contributed by atoms with Crippen molar-refractivity contribution in [2.24, 2.45) is 0 Å². The van der Waals surface area contributed by atoms with Crippen molar-refractivity contribution in [3.8, 4) is 5.75 Å². The number of carbonyl (C=O) groups is 3. The first-order valence-electron chi connectivity index (χ1n) is 7.40. The summed E-state index contributed by atoms with van der Waals surface area (Å²) in [4.78, 5) is 36.2. The number of ether oxygens (including phenoxy) is 1. The number of carboxylic acid groups (broad SMARTS) is 1. The standard InChI is InChI=1S/C15H16I3NO8/c1-5(22)2-7(23)27-13-11(17)8(14(24)19-6(3-20)4-21)10(16)9(12(13)18)15(25)26/h5-6,20-22H,2-4H2,1H3,(H,19,24)(H,25,26). The summed E-state index contributed by atoms with van der Waals surface area (Å²) in [6, 6.07) is -0.933. The molecule has 0 aliphatic carbocycles. The van der Waals surface area contributed by atoms with Crippen LogP contribution in [0.5, 0.6) is 5.75 Å². The van der Waals surface area contributed by atoms with Crippen molar-refractivity contribution < 1.29 is 39.5 Å². The van der Waals surface area contributed by atoms with Gasteiger partial charge >= 0.3 is 11.9 Å². The Balaban J connectivity index is 3.52. The Kier molecular flexibility index (Phi) is 10.1. The van der Waals surface area contributed by atoms with Gasteiger partial charge in [-0.1, -0.05) is 0 Å². The lowest BCUT2D eigenvalue weighted by atomic mass is 10.1. The highest BCUT2D eigenvalue weighted by atomic mass is 127. The SMILES string of the molecule is CC(O)CC(=O)Oc1c(I)c(C(=O)O)c(I)c(C(=O)NC(CO)CO)c1I. The van der Waals surface area contributed by atoms with E-state index in [9.17, 15) is 24.6 Å². The summed E-state index contributed by atoms with van der Waals surface area (Å²) < 4.78 is 5.67. The molecule has 1 aromatic carbocycles. The molecule has 0 fully saturated rings. The molecular formula is C15H16I3NO8. The van der Waals surface area contributed by atoms with Crippen molar-refractivity contribution in [2.75, 3.05) is 13.2 Å². The fourth-order valence-corrected chi connectivity index (χ4v) is 6.26. The summed E-state index contributed by atoms with van der Waals surface area (Å²) in [6.07, 6.45) is -1.26. The Morgan fingerprint density at radius 3 is 2.00 bits per heavy atom. The number of amides is 1. The maximum Gasteiger partial charge on any atom is 0.338 e. The molecule has 0 aliphatic rings. The van der Waals surface area contributed by atoms with Crippen molar-refractivity contribution in [1.82, 2.24) is 5.32 Å². The topological polar surface area (TPSA) is 153 Å². The van der Waals surface area contributed by atoms with Crippen LogP contribution in [0.2, 0.25) is 0 Å². The second-order valence-corrected chi connectivity index (χ2v) is 8.63. The van der Waals surface area contributed by atoms with Gasteiger partial charge in [0.05, 0.1) is 50.0 Å². The van der Waals surface area contributed by atoms with Gasteiger partial charge in [-0.3, -0.25) is 9.59 Å². The molecule has 0 saturated heterocycles. The number of hydrogen-bond acceptors (Lipinski definition) is 7. The molecule has 1 amide bonds. The smallest absolute Gasteiger partial charge is 0.338 e. The first kappa shape index (κ1) is 24.7. The van der Waals surface area contributed by atoms with Gasteiger partial charge < -0.3 is 30.5 Å². The third-order valence-electron chi connectivity index (χ3n) is 3.17. The molecule has 1 atom stereocenters. The van der Waals surface area contributed by atoms with Crippen LogP contribution in [0.3, 0.4) is 0 Å². The molecule has 0 radical (unpaired) electrons. The predicted octanol–water partition coefficient (Wildman–Crippen LogP) is 0.958. The molecular weight excluding hydrogens is 703 g/mol. The summed E-state index contributed by atoms with van der Waals surface area (Å²) in [5.74, 6) is -2.94. The Hall–Kier alpha value is -0.300. The second kappa shape index (κ2) is 11.0. The highest BCUT2D eigenvalue weighted by molar-refractivity contribution is 14.1. The fourth-order valence-electron chi connectivity index (χ4n) is 1.92. The average Bonchev–Trinajstić information content (AvgIpc) is 2.55. The number of benzene rings is 1. The minimum Gasteiger partial charge on any atom is -0.478 e. The van der Waals surface area contributed by atoms with Crippen LogP contribution >= 0.6 is 67.8 Å². The number of aromatic carboxylic acids is 1. The molecule has 0 saturated carbocycles. The van der Waals surface area contributed by atoms with Gasteiger partial charge in [-0.2, -0.15) is 0 Å². The minimum absolute atomic E-state index is 0.0548. The predicted molar refractivity (Wildman–Crippen MR) is 119 cm³/mol. The number of rotatable bonds is 8. The minimum atomic E-state index is -1.32. The number of halogens is 3. The van der Waals surface area contributed by atoms with Crippen molar-refractivity contribution >= 4 is 85.6 Å². The van der Waals surface area contributed by atoms with E-state index >= 15 is 0 Å². The van der Waals surface area contributed by atoms with Gasteiger partial charge in [-0.05, 0) is 74.7 Å². The van der Waals surface area contributed by atoms with Gasteiger partial charge in [-0.15, -0.1) is 0 Å². The van der Waals surface area contributed by atoms with E-state index in [4.69, 9.17) is 14.9 Å². The van der Waals surface area contributed by atoms with E-state index in [1.165, 1.54) is 6.92 Å². The normalized spacial score (nSPS) is 12.0. The molecule has 0 heterocycles. The largest absolute Gasteiger partial charge is 0.478 e. The molecule has 0 aliphatic heterocycles. The molecule has 150 valence electrons. The molecule has 27 heavy (non-hydrogen) atoms. The van der Waals surface area contributed by atoms with Gasteiger partial charge in [0.15, 0.2) is 5.75 Å². The zero-order valence-corrected chi connectivity index (χ0v) is 20.3. The number of hydrogen-bond donors (Lipinski definition) is 5. The van der Waals surface area contributed by atoms with Crippen molar-refractivity contribution in [2.45, 2.75) is 25.5 Å². The molecule has 5 N–H and O–H groups in total. The van der Waals surface area contributed by atoms with Gasteiger partial charge in [0.2, 0.25) is 0 Å². The van der Waals surface area contributed by atoms with Gasteiger partial charge in [0, 0.05) is 3.57 Å². The number of carbonyl (C=O) groups excluding carboxylic acids is 2. The maximum atomic E-state index is 12.6.